The molecule has 4 saturated heterocycles. The number of benzene rings is 6. The summed E-state index contributed by atoms with van der Waals surface area (Å²) in [5.41, 5.74) is 16.7. The number of nitrogens with zero attached hydrogens (tertiary/aromatic N) is 10. The molecule has 1 aromatic heterocycles. The van der Waals surface area contributed by atoms with Crippen LogP contribution >= 0.6 is 0 Å². The quantitative estimate of drug-likeness (QED) is 0.0338. The molecule has 4 aliphatic heterocycles. The van der Waals surface area contributed by atoms with E-state index in [1.807, 2.05) is 133 Å². The van der Waals surface area contributed by atoms with E-state index in [0.717, 1.165) is 174 Å². The molecule has 11 rings (SSSR count). The van der Waals surface area contributed by atoms with Crippen molar-refractivity contribution in [2.24, 2.45) is 0 Å². The summed E-state index contributed by atoms with van der Waals surface area (Å²) in [6.45, 7) is 26.3. The zero-order valence-corrected chi connectivity index (χ0v) is 63.1. The number of morpholine rings is 1. The molecule has 4 fully saturated rings. The second-order valence-electron chi connectivity index (χ2n) is 28.4. The summed E-state index contributed by atoms with van der Waals surface area (Å²) in [6, 6.07) is 30.1. The van der Waals surface area contributed by atoms with Gasteiger partial charge < -0.3 is 79.9 Å². The third-order valence-electron chi connectivity index (χ3n) is 21.3. The van der Waals surface area contributed by atoms with E-state index in [0.29, 0.717) is 66.3 Å². The molecule has 22 nitrogen and oxygen atoms in total. The first-order valence-electron chi connectivity index (χ1n) is 36.3. The van der Waals surface area contributed by atoms with E-state index < -0.39 is 12.1 Å². The maximum atomic E-state index is 15.3. The van der Waals surface area contributed by atoms with Crippen molar-refractivity contribution in [1.82, 2.24) is 45.7 Å². The molecular formula is C81H107N15O7. The van der Waals surface area contributed by atoms with Crippen molar-refractivity contribution >= 4 is 57.9 Å². The lowest BCUT2D eigenvalue weighted by Crippen LogP contribution is -2.51. The first-order chi connectivity index (χ1) is 49.5. The molecule has 4 aliphatic rings. The van der Waals surface area contributed by atoms with Gasteiger partial charge in [0.25, 0.3) is 17.7 Å². The molecular weight excluding hydrogens is 1290 g/mol. The molecule has 5 N–H and O–H groups in total. The molecule has 0 unspecified atom stereocenters. The Kier molecular flexibility index (Phi) is 24.1. The minimum Gasteiger partial charge on any atom is -0.493 e. The van der Waals surface area contributed by atoms with Crippen molar-refractivity contribution in [2.45, 2.75) is 85.7 Å². The standard InChI is InChI=1S/C81H107N15O7/c1-16-66-50-95(28-23-91(66)13)67-18-17-52(2)72(42-67)79(97)85-57(7)60-40-76(100-14)78(101-15)77(41-60)103-51-63-39-70(92-24-19-89(11)20-25-92)43-73(53(63)3)80(98)86-56(6)59-34-62(38-69(36-59)94-29-31-102-32-30-94)65-48-84-96(49-65)75-45-71(93-26-21-90(12)22-27-93)44-74(54(75)4)81(99)87-55(5)58-33-61(64(46-82)47-83-8)37-68(35-58)88(9)10/h17-18,33-49,55-57,66,82-83H,16,19-32,50-51H2,1-15H3,(H,85,97)(H,86,98)(H,87,99)/b64-47+,82-46?/t55-,56-,57-,66-/m1/s1. The number of amides is 3. The average molecular weight is 1400 g/mol. The third kappa shape index (κ3) is 17.2. The van der Waals surface area contributed by atoms with Gasteiger partial charge in [0.2, 0.25) is 5.75 Å². The van der Waals surface area contributed by atoms with Crippen LogP contribution in [0.1, 0.15) is 128 Å². The van der Waals surface area contributed by atoms with Gasteiger partial charge in [-0.25, -0.2) is 4.68 Å². The topological polar surface area (TPSA) is 204 Å². The summed E-state index contributed by atoms with van der Waals surface area (Å²) in [7, 11) is 15.4. The molecule has 0 radical (unpaired) electrons. The van der Waals surface area contributed by atoms with E-state index in [9.17, 15) is 9.59 Å². The Morgan fingerprint density at radius 1 is 0.621 bits per heavy atom. The predicted molar refractivity (Wildman–Crippen MR) is 416 cm³/mol. The number of ether oxygens (including phenoxy) is 4. The molecule has 3 amide bonds. The first-order valence-corrected chi connectivity index (χ1v) is 36.3. The fraction of sp³-hybridized carbons (Fsp3) is 0.444. The lowest BCUT2D eigenvalue weighted by Gasteiger charge is -2.40. The van der Waals surface area contributed by atoms with Gasteiger partial charge in [-0.1, -0.05) is 13.0 Å². The lowest BCUT2D eigenvalue weighted by molar-refractivity contribution is 0.0930. The van der Waals surface area contributed by atoms with Crippen LogP contribution in [-0.2, 0) is 11.3 Å². The summed E-state index contributed by atoms with van der Waals surface area (Å²) in [4.78, 5) is 62.9. The number of aromatic nitrogens is 2. The van der Waals surface area contributed by atoms with Crippen LogP contribution in [0.4, 0.5) is 28.4 Å². The Hall–Kier alpha value is -9.61. The zero-order chi connectivity index (χ0) is 73.3. The molecule has 0 saturated carbocycles. The Balaban J connectivity index is 0.871. The summed E-state index contributed by atoms with van der Waals surface area (Å²) in [5.74, 6) is 0.716. The monoisotopic (exact) mass is 1400 g/mol. The van der Waals surface area contributed by atoms with Crippen molar-refractivity contribution in [3.05, 3.63) is 171 Å². The van der Waals surface area contributed by atoms with E-state index in [1.54, 1.807) is 20.4 Å². The van der Waals surface area contributed by atoms with Gasteiger partial charge in [-0.2, -0.15) is 5.10 Å². The lowest BCUT2D eigenvalue weighted by atomic mass is 9.97. The molecule has 0 aliphatic carbocycles. The smallest absolute Gasteiger partial charge is 0.252 e. The maximum Gasteiger partial charge on any atom is 0.252 e. The normalized spacial score (nSPS) is 17.3. The van der Waals surface area contributed by atoms with Gasteiger partial charge in [-0.05, 0) is 204 Å². The fourth-order valence-corrected chi connectivity index (χ4v) is 14.3. The number of carbonyl (C=O) groups excluding carboxylic acids is 3. The average Bonchev–Trinajstić information content (AvgIpc) is 1.77. The molecule has 0 spiro atoms. The first kappa shape index (κ1) is 74.6. The Labute approximate surface area is 609 Å². The Bertz CT molecular complexity index is 4220. The third-order valence-corrected chi connectivity index (χ3v) is 21.3. The number of nitrogens with one attached hydrogen (secondary N) is 5. The van der Waals surface area contributed by atoms with Crippen LogP contribution in [-0.4, -0.2) is 209 Å². The van der Waals surface area contributed by atoms with Gasteiger partial charge in [0, 0.05) is 187 Å². The highest BCUT2D eigenvalue weighted by Crippen LogP contribution is 2.42. The van der Waals surface area contributed by atoms with Crippen molar-refractivity contribution in [1.29, 1.82) is 5.41 Å². The number of anilines is 5. The van der Waals surface area contributed by atoms with Crippen LogP contribution in [0.15, 0.2) is 110 Å². The molecule has 103 heavy (non-hydrogen) atoms. The highest BCUT2D eigenvalue weighted by atomic mass is 16.5. The van der Waals surface area contributed by atoms with Crippen LogP contribution in [0.5, 0.6) is 17.2 Å². The van der Waals surface area contributed by atoms with Gasteiger partial charge >= 0.3 is 0 Å². The Morgan fingerprint density at radius 3 is 1.79 bits per heavy atom. The molecule has 4 atom stereocenters. The van der Waals surface area contributed by atoms with Crippen LogP contribution < -0.4 is 60.0 Å². The number of carbonyl (C=O) groups is 3. The van der Waals surface area contributed by atoms with Gasteiger partial charge in [-0.15, -0.1) is 0 Å². The van der Waals surface area contributed by atoms with Gasteiger partial charge in [0.15, 0.2) is 11.5 Å². The molecule has 7 aromatic rings. The van der Waals surface area contributed by atoms with Crippen LogP contribution in [0.3, 0.4) is 0 Å². The minimum atomic E-state index is -0.445. The largest absolute Gasteiger partial charge is 0.493 e. The maximum absolute atomic E-state index is 15.3. The van der Waals surface area contributed by atoms with Gasteiger partial charge in [-0.3, -0.25) is 19.3 Å². The van der Waals surface area contributed by atoms with Crippen LogP contribution in [0, 0.1) is 26.2 Å². The molecule has 5 heterocycles. The number of hydrogen-bond donors (Lipinski definition) is 5. The number of likely N-dealkylation sites (N-methyl/N-ethyl adjacent to an activating group) is 3. The SMILES string of the molecule is CC[C@@H]1CN(c2ccc(C)c(C(=O)N[C@H](C)c3cc(OC)c(OC)c(OCc4cc(N5CCN(C)CC5)cc(C(=O)N[C@H](C)c5cc(-c6cnn(-c7cc(N8CCN(C)CC8)cc(C(=O)N[C@H](C)c8cc(/C(C=N)=C/NC)cc(N(C)C)c8)c7C)c6)cc(N6CCOCC6)c5)c4C)c3)c2)CCN1C. The van der Waals surface area contributed by atoms with E-state index in [2.05, 4.69) is 126 Å². The number of hydrogen-bond acceptors (Lipinski definition) is 18. The number of methoxy groups -OCH3 is 2. The predicted octanol–water partition coefficient (Wildman–Crippen LogP) is 10.7. The number of rotatable bonds is 25. The highest BCUT2D eigenvalue weighted by Gasteiger charge is 2.29. The zero-order valence-electron chi connectivity index (χ0n) is 63.1. The van der Waals surface area contributed by atoms with Crippen molar-refractivity contribution in [3.8, 4) is 34.1 Å². The highest BCUT2D eigenvalue weighted by molar-refractivity contribution is 6.08. The summed E-state index contributed by atoms with van der Waals surface area (Å²) < 4.78 is 26.5. The second kappa shape index (κ2) is 33.2. The van der Waals surface area contributed by atoms with Crippen molar-refractivity contribution < 1.29 is 33.3 Å². The van der Waals surface area contributed by atoms with Crippen molar-refractivity contribution in [3.63, 3.8) is 0 Å². The van der Waals surface area contributed by atoms with E-state index in [-0.39, 0.29) is 30.4 Å². The number of piperazine rings is 3. The molecule has 6 aromatic carbocycles. The molecule has 22 heteroatoms. The van der Waals surface area contributed by atoms with Crippen molar-refractivity contribution in [2.75, 3.05) is 179 Å². The molecule has 548 valence electrons. The van der Waals surface area contributed by atoms with Gasteiger partial charge in [0.05, 0.1) is 57.4 Å². The fourth-order valence-electron chi connectivity index (χ4n) is 14.3. The van der Waals surface area contributed by atoms with Crippen LogP contribution in [0.25, 0.3) is 22.4 Å². The van der Waals surface area contributed by atoms with E-state index in [4.69, 9.17) is 29.5 Å². The molecule has 0 bridgehead atoms. The minimum absolute atomic E-state index is 0.104. The Morgan fingerprint density at radius 2 is 1.18 bits per heavy atom. The summed E-state index contributed by atoms with van der Waals surface area (Å²) >= 11 is 0. The number of allylic oxidation sites excluding steroid dienone is 1. The summed E-state index contributed by atoms with van der Waals surface area (Å²) in [6.07, 6.45) is 8.11. The van der Waals surface area contributed by atoms with Gasteiger partial charge in [0.1, 0.15) is 6.61 Å². The van der Waals surface area contributed by atoms with Crippen LogP contribution in [0.2, 0.25) is 0 Å². The second-order valence-corrected chi connectivity index (χ2v) is 28.4. The number of aryl methyl sites for hydroxylation is 1. The van der Waals surface area contributed by atoms with E-state index >= 15 is 4.79 Å². The van der Waals surface area contributed by atoms with E-state index in [1.165, 1.54) is 6.21 Å². The summed E-state index contributed by atoms with van der Waals surface area (Å²) in [5, 5.41) is 26.4.